The van der Waals surface area contributed by atoms with Crippen LogP contribution in [0.25, 0.3) is 11.1 Å². The Kier molecular flexibility index (Phi) is 9.97. The molecule has 0 aliphatic heterocycles. The van der Waals surface area contributed by atoms with Crippen molar-refractivity contribution < 1.29 is 13.9 Å². The molecule has 0 spiro atoms. The van der Waals surface area contributed by atoms with Crippen molar-refractivity contribution in [2.45, 2.75) is 5.33 Å². The molecular weight excluding hydrogens is 558 g/mol. The van der Waals surface area contributed by atoms with Gasteiger partial charge in [0.1, 0.15) is 5.82 Å². The Morgan fingerprint density at radius 1 is 0.711 bits per heavy atom. The van der Waals surface area contributed by atoms with Gasteiger partial charge in [-0.25, -0.2) is 9.18 Å². The highest BCUT2D eigenvalue weighted by molar-refractivity contribution is 9.08. The zero-order valence-electron chi connectivity index (χ0n) is 20.9. The largest absolute Gasteiger partial charge is 0.465 e. The van der Waals surface area contributed by atoms with E-state index in [1.165, 1.54) is 35.2 Å². The molecule has 0 N–H and O–H groups in total. The number of esters is 1. The van der Waals surface area contributed by atoms with Gasteiger partial charge in [0.2, 0.25) is 0 Å². The Morgan fingerprint density at radius 2 is 1.18 bits per heavy atom. The second-order valence-corrected chi connectivity index (χ2v) is 11.1. The summed E-state index contributed by atoms with van der Waals surface area (Å²) in [6.45, 7) is 0. The Bertz CT molecular complexity index is 1350. The smallest absolute Gasteiger partial charge is 0.338 e. The number of alkyl halides is 1. The maximum Gasteiger partial charge on any atom is 0.338 e. The van der Waals surface area contributed by atoms with Gasteiger partial charge in [-0.15, -0.1) is 0 Å². The van der Waals surface area contributed by atoms with Crippen molar-refractivity contribution in [2.75, 3.05) is 7.11 Å². The number of ether oxygens (including phenoxy) is 1. The number of carbonyl (C=O) groups excluding carboxylic acids is 1. The number of methoxy groups -OCH3 is 1. The van der Waals surface area contributed by atoms with E-state index in [9.17, 15) is 9.18 Å². The SMILES string of the molecule is COC(=O)c1ccc(CBr)cc1-c1ccc(F)cc1.c1ccc(P(c2ccccc2)c2ccccc2)cc1. The number of rotatable bonds is 6. The molecule has 0 radical (unpaired) electrons. The first-order valence-corrected chi connectivity index (χ1v) is 14.6. The number of halogens is 2. The summed E-state index contributed by atoms with van der Waals surface area (Å²) in [4.78, 5) is 11.8. The van der Waals surface area contributed by atoms with Crippen LogP contribution >= 0.6 is 23.9 Å². The van der Waals surface area contributed by atoms with Crippen molar-refractivity contribution in [3.05, 3.63) is 150 Å². The van der Waals surface area contributed by atoms with Crippen molar-refractivity contribution in [3.8, 4) is 11.1 Å². The lowest BCUT2D eigenvalue weighted by atomic mass is 9.97. The van der Waals surface area contributed by atoms with E-state index in [4.69, 9.17) is 4.74 Å². The summed E-state index contributed by atoms with van der Waals surface area (Å²) in [6.07, 6.45) is 0. The summed E-state index contributed by atoms with van der Waals surface area (Å²) >= 11 is 3.38. The van der Waals surface area contributed by atoms with Crippen LogP contribution in [0.2, 0.25) is 0 Å². The molecule has 5 aromatic rings. The summed E-state index contributed by atoms with van der Waals surface area (Å²) in [5, 5.41) is 4.88. The fourth-order valence-electron chi connectivity index (χ4n) is 4.01. The number of carbonyl (C=O) groups is 1. The van der Waals surface area contributed by atoms with E-state index in [1.54, 1.807) is 18.2 Å². The van der Waals surface area contributed by atoms with E-state index in [0.717, 1.165) is 16.7 Å². The first kappa shape index (κ1) is 27.4. The molecule has 0 aromatic heterocycles. The van der Waals surface area contributed by atoms with Gasteiger partial charge in [-0.2, -0.15) is 0 Å². The summed E-state index contributed by atoms with van der Waals surface area (Å²) in [5.74, 6) is -0.708. The van der Waals surface area contributed by atoms with Crippen LogP contribution in [0.15, 0.2) is 133 Å². The van der Waals surface area contributed by atoms with Crippen molar-refractivity contribution in [3.63, 3.8) is 0 Å². The highest BCUT2D eigenvalue weighted by atomic mass is 79.9. The minimum Gasteiger partial charge on any atom is -0.465 e. The lowest BCUT2D eigenvalue weighted by Gasteiger charge is -2.18. The second-order valence-electron chi connectivity index (χ2n) is 8.35. The van der Waals surface area contributed by atoms with Crippen LogP contribution in [0.4, 0.5) is 4.39 Å². The molecule has 2 nitrogen and oxygen atoms in total. The molecule has 0 bridgehead atoms. The van der Waals surface area contributed by atoms with E-state index in [0.29, 0.717) is 10.9 Å². The molecule has 0 saturated carbocycles. The monoisotopic (exact) mass is 584 g/mol. The van der Waals surface area contributed by atoms with Crippen molar-refractivity contribution >= 4 is 45.7 Å². The minimum atomic E-state index is -0.446. The topological polar surface area (TPSA) is 26.3 Å². The second kappa shape index (κ2) is 13.8. The third kappa shape index (κ3) is 7.04. The van der Waals surface area contributed by atoms with Crippen LogP contribution in [0, 0.1) is 5.82 Å². The van der Waals surface area contributed by atoms with Gasteiger partial charge < -0.3 is 4.74 Å². The zero-order valence-corrected chi connectivity index (χ0v) is 23.4. The molecule has 5 rings (SSSR count). The molecule has 0 atom stereocenters. The number of hydrogen-bond donors (Lipinski definition) is 0. The van der Waals surface area contributed by atoms with Gasteiger partial charge in [0.15, 0.2) is 0 Å². The van der Waals surface area contributed by atoms with Crippen molar-refractivity contribution in [1.82, 2.24) is 0 Å². The van der Waals surface area contributed by atoms with E-state index in [-0.39, 0.29) is 5.82 Å². The minimum absolute atomic E-state index is 0.306. The molecule has 38 heavy (non-hydrogen) atoms. The maximum absolute atomic E-state index is 13.0. The average Bonchev–Trinajstić information content (AvgIpc) is 2.99. The molecule has 0 unspecified atom stereocenters. The molecule has 0 amide bonds. The van der Waals surface area contributed by atoms with Gasteiger partial charge in [0.05, 0.1) is 12.7 Å². The summed E-state index contributed by atoms with van der Waals surface area (Å²) in [7, 11) is 0.896. The highest BCUT2D eigenvalue weighted by Crippen LogP contribution is 2.32. The lowest BCUT2D eigenvalue weighted by molar-refractivity contribution is 0.0601. The summed E-state index contributed by atoms with van der Waals surface area (Å²) in [5.41, 5.74) is 3.03. The molecule has 0 saturated heterocycles. The predicted molar refractivity (Wildman–Crippen MR) is 161 cm³/mol. The Balaban J connectivity index is 0.000000177. The van der Waals surface area contributed by atoms with Crippen LogP contribution in [0.3, 0.4) is 0 Å². The quantitative estimate of drug-likeness (QED) is 0.117. The molecule has 0 aliphatic rings. The third-order valence-corrected chi connectivity index (χ3v) is 8.93. The summed E-state index contributed by atoms with van der Waals surface area (Å²) < 4.78 is 17.7. The molecule has 5 heteroatoms. The fraction of sp³-hybridized carbons (Fsp3) is 0.0606. The third-order valence-electron chi connectivity index (χ3n) is 5.84. The van der Waals surface area contributed by atoms with Gasteiger partial charge in [-0.3, -0.25) is 0 Å². The van der Waals surface area contributed by atoms with Crippen molar-refractivity contribution in [1.29, 1.82) is 0 Å². The van der Waals surface area contributed by atoms with Gasteiger partial charge >= 0.3 is 5.97 Å². The van der Waals surface area contributed by atoms with Crippen LogP contribution in [-0.4, -0.2) is 13.1 Å². The predicted octanol–water partition coefficient (Wildman–Crippen LogP) is 7.62. The van der Waals surface area contributed by atoms with Crippen LogP contribution in [0.1, 0.15) is 15.9 Å². The van der Waals surface area contributed by atoms with Gasteiger partial charge in [0, 0.05) is 5.33 Å². The van der Waals surface area contributed by atoms with E-state index >= 15 is 0 Å². The Morgan fingerprint density at radius 3 is 1.61 bits per heavy atom. The molecule has 190 valence electrons. The van der Waals surface area contributed by atoms with E-state index in [2.05, 4.69) is 107 Å². The first-order valence-electron chi connectivity index (χ1n) is 12.1. The normalized spacial score (nSPS) is 10.4. The number of hydrogen-bond acceptors (Lipinski definition) is 2. The Hall–Kier alpha value is -3.59. The molecule has 0 fully saturated rings. The molecular formula is C33H27BrFO2P. The molecule has 0 heterocycles. The van der Waals surface area contributed by atoms with Crippen LogP contribution in [-0.2, 0) is 10.1 Å². The Labute approximate surface area is 233 Å². The summed E-state index contributed by atoms with van der Waals surface area (Å²) in [6, 6.07) is 43.8. The standard InChI is InChI=1S/C18H15P.C15H12BrFO2/c1-4-10-16(11-5-1)19(17-12-6-2-7-13-17)18-14-8-3-9-15-18;1-19-15(18)13-7-2-10(9-16)8-14(13)11-3-5-12(17)6-4-11/h1-15H;2-8H,9H2,1H3. The molecule has 0 aliphatic carbocycles. The zero-order chi connectivity index (χ0) is 26.7. The molecule has 5 aromatic carbocycles. The highest BCUT2D eigenvalue weighted by Gasteiger charge is 2.15. The van der Waals surface area contributed by atoms with Gasteiger partial charge in [-0.1, -0.05) is 125 Å². The van der Waals surface area contributed by atoms with E-state index < -0.39 is 13.9 Å². The van der Waals surface area contributed by atoms with Crippen LogP contribution < -0.4 is 15.9 Å². The lowest BCUT2D eigenvalue weighted by Crippen LogP contribution is -2.20. The number of benzene rings is 5. The van der Waals surface area contributed by atoms with Crippen molar-refractivity contribution in [2.24, 2.45) is 0 Å². The first-order chi connectivity index (χ1) is 18.6. The average molecular weight is 585 g/mol. The van der Waals surface area contributed by atoms with E-state index in [1.807, 2.05) is 12.1 Å². The van der Waals surface area contributed by atoms with Crippen LogP contribution in [0.5, 0.6) is 0 Å². The van der Waals surface area contributed by atoms with Gasteiger partial charge in [-0.05, 0) is 64.8 Å². The maximum atomic E-state index is 13.0. The van der Waals surface area contributed by atoms with Gasteiger partial charge in [0.25, 0.3) is 0 Å². The fourth-order valence-corrected chi connectivity index (χ4v) is 6.66.